The Kier molecular flexibility index (Phi) is 2.00. The number of Topliss-reactive ketones (excluding diaryl/α,β-unsaturated/α-hetero) is 1. The molecule has 0 fully saturated rings. The van der Waals surface area contributed by atoms with Crippen molar-refractivity contribution in [3.8, 4) is 5.75 Å². The Morgan fingerprint density at radius 3 is 2.93 bits per heavy atom. The van der Waals surface area contributed by atoms with E-state index in [1.54, 1.807) is 19.2 Å². The Labute approximate surface area is 81.6 Å². The summed E-state index contributed by atoms with van der Waals surface area (Å²) in [7, 11) is 1.58. The number of ether oxygens (including phenoxy) is 1. The number of rotatable bonds is 1. The predicted molar refractivity (Wildman–Crippen MR) is 51.7 cm³/mol. The van der Waals surface area contributed by atoms with Crippen LogP contribution in [0, 0.1) is 0 Å². The number of ketones is 1. The fourth-order valence-electron chi connectivity index (χ4n) is 1.63. The fraction of sp³-hybridized carbons (Fsp3) is 0.182. The molecule has 0 unspecified atom stereocenters. The zero-order valence-corrected chi connectivity index (χ0v) is 7.78. The van der Waals surface area contributed by atoms with Crippen molar-refractivity contribution >= 4 is 5.78 Å². The quantitative estimate of drug-likeness (QED) is 0.543. The number of aliphatic hydroxyl groups excluding tert-OH is 1. The number of carbonyl (C=O) groups excluding carboxylic acids is 1. The first-order chi connectivity index (χ1) is 6.76. The summed E-state index contributed by atoms with van der Waals surface area (Å²) in [6.07, 6.45) is 1.37. The minimum atomic E-state index is -0.0925. The lowest BCUT2D eigenvalue weighted by molar-refractivity contribution is 0.103. The summed E-state index contributed by atoms with van der Waals surface area (Å²) in [5.41, 5.74) is 2.01. The van der Waals surface area contributed by atoms with Gasteiger partial charge < -0.3 is 9.84 Å². The molecular formula is C11H10O3. The lowest BCUT2D eigenvalue weighted by Crippen LogP contribution is -1.94. The molecule has 0 aliphatic heterocycles. The van der Waals surface area contributed by atoms with Gasteiger partial charge in [0.15, 0.2) is 5.78 Å². The lowest BCUT2D eigenvalue weighted by Gasteiger charge is -2.01. The third kappa shape index (κ3) is 1.18. The standard InChI is InChI=1S/C11H10O3/c1-14-9-2-3-10-7(5-9)4-8(6-12)11(10)13/h2-3,5-6,12H,4H2,1H3. The minimum absolute atomic E-state index is 0.0925. The molecule has 3 nitrogen and oxygen atoms in total. The topological polar surface area (TPSA) is 46.5 Å². The number of allylic oxidation sites excluding steroid dienone is 1. The highest BCUT2D eigenvalue weighted by molar-refractivity contribution is 6.13. The summed E-state index contributed by atoms with van der Waals surface area (Å²) in [6.45, 7) is 0. The average molecular weight is 190 g/mol. The van der Waals surface area contributed by atoms with Crippen molar-refractivity contribution in [3.05, 3.63) is 41.2 Å². The molecule has 0 atom stereocenters. The normalized spacial score (nSPS) is 17.2. The van der Waals surface area contributed by atoms with Gasteiger partial charge in [-0.3, -0.25) is 4.79 Å². The second-order valence-electron chi connectivity index (χ2n) is 3.18. The first-order valence-electron chi connectivity index (χ1n) is 4.31. The van der Waals surface area contributed by atoms with Gasteiger partial charge in [-0.15, -0.1) is 0 Å². The minimum Gasteiger partial charge on any atom is -0.515 e. The molecule has 1 N–H and O–H groups in total. The number of hydrogen-bond donors (Lipinski definition) is 1. The Morgan fingerprint density at radius 2 is 2.29 bits per heavy atom. The van der Waals surface area contributed by atoms with E-state index in [1.165, 1.54) is 0 Å². The van der Waals surface area contributed by atoms with Crippen LogP contribution in [-0.4, -0.2) is 18.0 Å². The molecule has 14 heavy (non-hydrogen) atoms. The van der Waals surface area contributed by atoms with Gasteiger partial charge in [-0.2, -0.15) is 0 Å². The van der Waals surface area contributed by atoms with Crippen LogP contribution in [0.3, 0.4) is 0 Å². The van der Waals surface area contributed by atoms with Gasteiger partial charge in [-0.25, -0.2) is 0 Å². The van der Waals surface area contributed by atoms with E-state index in [4.69, 9.17) is 9.84 Å². The maximum atomic E-state index is 11.6. The summed E-state index contributed by atoms with van der Waals surface area (Å²) < 4.78 is 5.05. The number of carbonyl (C=O) groups is 1. The van der Waals surface area contributed by atoms with Crippen molar-refractivity contribution < 1.29 is 14.6 Å². The molecule has 0 radical (unpaired) electrons. The van der Waals surface area contributed by atoms with Crippen LogP contribution in [0.15, 0.2) is 30.0 Å². The number of aliphatic hydroxyl groups is 1. The summed E-state index contributed by atoms with van der Waals surface area (Å²) in [5, 5.41) is 8.82. The van der Waals surface area contributed by atoms with Crippen LogP contribution in [0.1, 0.15) is 15.9 Å². The van der Waals surface area contributed by atoms with E-state index >= 15 is 0 Å². The van der Waals surface area contributed by atoms with E-state index in [9.17, 15) is 4.79 Å². The van der Waals surface area contributed by atoms with Crippen LogP contribution in [0.25, 0.3) is 0 Å². The van der Waals surface area contributed by atoms with Crippen molar-refractivity contribution in [2.75, 3.05) is 7.11 Å². The van der Waals surface area contributed by atoms with Crippen molar-refractivity contribution in [1.29, 1.82) is 0 Å². The second kappa shape index (κ2) is 3.18. The van der Waals surface area contributed by atoms with Crippen LogP contribution in [-0.2, 0) is 6.42 Å². The number of fused-ring (bicyclic) bond motifs is 1. The molecule has 0 aromatic heterocycles. The Morgan fingerprint density at radius 1 is 1.50 bits per heavy atom. The smallest absolute Gasteiger partial charge is 0.192 e. The highest BCUT2D eigenvalue weighted by Gasteiger charge is 2.24. The van der Waals surface area contributed by atoms with E-state index < -0.39 is 0 Å². The molecule has 0 saturated heterocycles. The molecule has 1 aromatic rings. The van der Waals surface area contributed by atoms with Crippen molar-refractivity contribution in [3.63, 3.8) is 0 Å². The maximum Gasteiger partial charge on any atom is 0.192 e. The van der Waals surface area contributed by atoms with Gasteiger partial charge >= 0.3 is 0 Å². The van der Waals surface area contributed by atoms with Gasteiger partial charge in [-0.1, -0.05) is 0 Å². The number of hydrogen-bond acceptors (Lipinski definition) is 3. The van der Waals surface area contributed by atoms with Crippen LogP contribution in [0.4, 0.5) is 0 Å². The van der Waals surface area contributed by atoms with Crippen molar-refractivity contribution in [2.24, 2.45) is 0 Å². The molecule has 0 spiro atoms. The van der Waals surface area contributed by atoms with Gasteiger partial charge in [0, 0.05) is 17.6 Å². The highest BCUT2D eigenvalue weighted by atomic mass is 16.5. The van der Waals surface area contributed by atoms with Crippen LogP contribution in [0.2, 0.25) is 0 Å². The third-order valence-electron chi connectivity index (χ3n) is 2.39. The Bertz CT molecular complexity index is 419. The van der Waals surface area contributed by atoms with E-state index in [-0.39, 0.29) is 5.78 Å². The van der Waals surface area contributed by atoms with Crippen LogP contribution >= 0.6 is 0 Å². The molecule has 0 amide bonds. The van der Waals surface area contributed by atoms with Gasteiger partial charge in [0.2, 0.25) is 0 Å². The molecule has 1 aliphatic carbocycles. The van der Waals surface area contributed by atoms with Crippen LogP contribution < -0.4 is 4.74 Å². The fourth-order valence-corrected chi connectivity index (χ4v) is 1.63. The molecular weight excluding hydrogens is 180 g/mol. The van der Waals surface area contributed by atoms with Gasteiger partial charge in [0.1, 0.15) is 5.75 Å². The first-order valence-corrected chi connectivity index (χ1v) is 4.31. The lowest BCUT2D eigenvalue weighted by atomic mass is 10.1. The summed E-state index contributed by atoms with van der Waals surface area (Å²) in [6, 6.07) is 5.30. The SMILES string of the molecule is COc1ccc2c(c1)CC(=CO)C2=O. The molecule has 3 heteroatoms. The monoisotopic (exact) mass is 190 g/mol. The highest BCUT2D eigenvalue weighted by Crippen LogP contribution is 2.28. The predicted octanol–water partition coefficient (Wildman–Crippen LogP) is 1.88. The van der Waals surface area contributed by atoms with E-state index in [2.05, 4.69) is 0 Å². The molecule has 2 rings (SSSR count). The molecule has 0 heterocycles. The zero-order valence-electron chi connectivity index (χ0n) is 7.78. The van der Waals surface area contributed by atoms with Gasteiger partial charge in [0.05, 0.1) is 13.4 Å². The molecule has 1 aliphatic rings. The van der Waals surface area contributed by atoms with Crippen molar-refractivity contribution in [1.82, 2.24) is 0 Å². The van der Waals surface area contributed by atoms with Crippen LogP contribution in [0.5, 0.6) is 5.75 Å². The molecule has 72 valence electrons. The summed E-state index contributed by atoms with van der Waals surface area (Å²) in [4.78, 5) is 11.6. The summed E-state index contributed by atoms with van der Waals surface area (Å²) >= 11 is 0. The first kappa shape index (κ1) is 8.81. The Balaban J connectivity index is 2.49. The van der Waals surface area contributed by atoms with E-state index in [1.807, 2.05) is 6.07 Å². The second-order valence-corrected chi connectivity index (χ2v) is 3.18. The summed E-state index contributed by atoms with van der Waals surface area (Å²) in [5.74, 6) is 0.640. The largest absolute Gasteiger partial charge is 0.515 e. The third-order valence-corrected chi connectivity index (χ3v) is 2.39. The Hall–Kier alpha value is -1.77. The number of benzene rings is 1. The van der Waals surface area contributed by atoms with Gasteiger partial charge in [-0.05, 0) is 23.8 Å². The van der Waals surface area contributed by atoms with Crippen molar-refractivity contribution in [2.45, 2.75) is 6.42 Å². The van der Waals surface area contributed by atoms with E-state index in [0.29, 0.717) is 17.6 Å². The van der Waals surface area contributed by atoms with Gasteiger partial charge in [0.25, 0.3) is 0 Å². The molecule has 0 bridgehead atoms. The maximum absolute atomic E-state index is 11.6. The molecule has 1 aromatic carbocycles. The average Bonchev–Trinajstić information content (AvgIpc) is 2.55. The van der Waals surface area contributed by atoms with E-state index in [0.717, 1.165) is 17.6 Å². The molecule has 0 saturated carbocycles. The number of methoxy groups -OCH3 is 1. The zero-order chi connectivity index (χ0) is 10.1.